The average molecular weight is 304 g/mol. The van der Waals surface area contributed by atoms with Crippen LogP contribution in [0.1, 0.15) is 38.7 Å². The number of ether oxygens (including phenoxy) is 1. The van der Waals surface area contributed by atoms with Gasteiger partial charge in [0, 0.05) is 6.54 Å². The predicted molar refractivity (Wildman–Crippen MR) is 84.8 cm³/mol. The second-order valence-corrected chi connectivity index (χ2v) is 5.69. The summed E-state index contributed by atoms with van der Waals surface area (Å²) in [5, 5.41) is 2.83. The van der Waals surface area contributed by atoms with Crippen molar-refractivity contribution in [2.24, 2.45) is 0 Å². The number of hydrogen-bond donors (Lipinski definition) is 1. The molecule has 0 spiro atoms. The first-order valence-electron chi connectivity index (χ1n) is 7.86. The van der Waals surface area contributed by atoms with Gasteiger partial charge < -0.3 is 10.1 Å². The van der Waals surface area contributed by atoms with Gasteiger partial charge in [0.25, 0.3) is 5.91 Å². The van der Waals surface area contributed by atoms with E-state index in [4.69, 9.17) is 4.74 Å². The summed E-state index contributed by atoms with van der Waals surface area (Å²) in [5.74, 6) is 0.701. The summed E-state index contributed by atoms with van der Waals surface area (Å²) < 4.78 is 5.65. The predicted octanol–water partition coefficient (Wildman–Crippen LogP) is 2.87. The highest BCUT2D eigenvalue weighted by molar-refractivity contribution is 6.06. The highest BCUT2D eigenvalue weighted by atomic mass is 16.5. The zero-order chi connectivity index (χ0) is 16.2. The normalized spacial score (nSPS) is 16.8. The number of benzene rings is 1. The maximum Gasteiger partial charge on any atom is 0.325 e. The van der Waals surface area contributed by atoms with Crippen LogP contribution in [0.5, 0.6) is 5.75 Å². The van der Waals surface area contributed by atoms with Crippen LogP contribution in [-0.2, 0) is 4.79 Å². The van der Waals surface area contributed by atoms with Crippen LogP contribution >= 0.6 is 0 Å². The van der Waals surface area contributed by atoms with Crippen LogP contribution in [0.4, 0.5) is 4.79 Å². The Morgan fingerprint density at radius 3 is 2.55 bits per heavy atom. The van der Waals surface area contributed by atoms with Gasteiger partial charge >= 0.3 is 6.03 Å². The van der Waals surface area contributed by atoms with Crippen molar-refractivity contribution in [2.75, 3.05) is 13.2 Å². The topological polar surface area (TPSA) is 58.6 Å². The van der Waals surface area contributed by atoms with E-state index in [1.165, 1.54) is 4.90 Å². The van der Waals surface area contributed by atoms with Crippen LogP contribution in [0.25, 0.3) is 0 Å². The molecular weight excluding hydrogens is 280 g/mol. The maximum atomic E-state index is 12.4. The number of nitrogens with zero attached hydrogens (tertiary/aromatic N) is 1. The lowest BCUT2D eigenvalue weighted by Crippen LogP contribution is -2.45. The molecule has 22 heavy (non-hydrogen) atoms. The van der Waals surface area contributed by atoms with Gasteiger partial charge in [0.05, 0.1) is 6.61 Å². The summed E-state index contributed by atoms with van der Waals surface area (Å²) in [4.78, 5) is 25.7. The van der Waals surface area contributed by atoms with E-state index in [0.29, 0.717) is 32.4 Å². The summed E-state index contributed by atoms with van der Waals surface area (Å²) in [5.41, 5.74) is 0.427. The van der Waals surface area contributed by atoms with Gasteiger partial charge in [-0.2, -0.15) is 0 Å². The Labute approximate surface area is 131 Å². The smallest absolute Gasteiger partial charge is 0.325 e. The Balaban J connectivity index is 1.84. The molecule has 0 aliphatic carbocycles. The Hall–Kier alpha value is -2.04. The lowest BCUT2D eigenvalue weighted by Gasteiger charge is -2.23. The van der Waals surface area contributed by atoms with E-state index in [1.54, 1.807) is 0 Å². The minimum Gasteiger partial charge on any atom is -0.494 e. The fourth-order valence-electron chi connectivity index (χ4n) is 2.73. The molecule has 1 aliphatic heterocycles. The Kier molecular flexibility index (Phi) is 5.06. The number of rotatable bonds is 7. The standard InChI is InChI=1S/C17H24N2O3/c1-4-17(5-2)15(20)19(16(21)18-17)10-7-11-22-14-9-6-8-13(3)12-14/h6,8-9,12H,4-5,7,10-11H2,1-3H3,(H,18,21). The summed E-state index contributed by atoms with van der Waals surface area (Å²) in [6.07, 6.45) is 1.85. The molecule has 0 aromatic heterocycles. The number of carbonyl (C=O) groups is 2. The number of nitrogens with one attached hydrogen (secondary N) is 1. The van der Waals surface area contributed by atoms with Crippen molar-refractivity contribution in [3.63, 3.8) is 0 Å². The molecule has 1 fully saturated rings. The second-order valence-electron chi connectivity index (χ2n) is 5.69. The first kappa shape index (κ1) is 16.3. The summed E-state index contributed by atoms with van der Waals surface area (Å²) in [7, 11) is 0. The molecule has 5 nitrogen and oxygen atoms in total. The average Bonchev–Trinajstić information content (AvgIpc) is 2.75. The third kappa shape index (κ3) is 3.24. The van der Waals surface area contributed by atoms with Crippen LogP contribution in [0, 0.1) is 6.92 Å². The summed E-state index contributed by atoms with van der Waals surface area (Å²) in [6, 6.07) is 7.53. The lowest BCUT2D eigenvalue weighted by atomic mass is 9.93. The van der Waals surface area contributed by atoms with Crippen molar-refractivity contribution >= 4 is 11.9 Å². The Morgan fingerprint density at radius 1 is 1.23 bits per heavy atom. The van der Waals surface area contributed by atoms with E-state index in [0.717, 1.165) is 11.3 Å². The fourth-order valence-corrected chi connectivity index (χ4v) is 2.73. The van der Waals surface area contributed by atoms with Crippen LogP contribution in [0.15, 0.2) is 24.3 Å². The molecule has 5 heteroatoms. The molecular formula is C17H24N2O3. The van der Waals surface area contributed by atoms with Gasteiger partial charge in [0.2, 0.25) is 0 Å². The molecule has 0 saturated carbocycles. The Morgan fingerprint density at radius 2 is 1.95 bits per heavy atom. The van der Waals surface area contributed by atoms with E-state index in [9.17, 15) is 9.59 Å². The number of imide groups is 1. The van der Waals surface area contributed by atoms with Gasteiger partial charge in [-0.3, -0.25) is 9.69 Å². The molecule has 2 rings (SSSR count). The third-order valence-corrected chi connectivity index (χ3v) is 4.24. The van der Waals surface area contributed by atoms with Crippen LogP contribution < -0.4 is 10.1 Å². The van der Waals surface area contributed by atoms with Crippen molar-refractivity contribution < 1.29 is 14.3 Å². The quantitative estimate of drug-likeness (QED) is 0.622. The van der Waals surface area contributed by atoms with Gasteiger partial charge in [-0.25, -0.2) is 4.79 Å². The zero-order valence-electron chi connectivity index (χ0n) is 13.5. The minimum atomic E-state index is -0.714. The third-order valence-electron chi connectivity index (χ3n) is 4.24. The maximum absolute atomic E-state index is 12.4. The van der Waals surface area contributed by atoms with Crippen LogP contribution in [0.3, 0.4) is 0 Å². The van der Waals surface area contributed by atoms with Crippen molar-refractivity contribution in [3.8, 4) is 5.75 Å². The molecule has 1 heterocycles. The van der Waals surface area contributed by atoms with E-state index < -0.39 is 5.54 Å². The first-order chi connectivity index (χ1) is 10.5. The highest BCUT2D eigenvalue weighted by Gasteiger charge is 2.48. The van der Waals surface area contributed by atoms with Gasteiger partial charge in [-0.05, 0) is 43.9 Å². The molecule has 0 unspecified atom stereocenters. The van der Waals surface area contributed by atoms with Crippen molar-refractivity contribution in [2.45, 2.75) is 45.6 Å². The van der Waals surface area contributed by atoms with Crippen molar-refractivity contribution in [3.05, 3.63) is 29.8 Å². The molecule has 1 saturated heterocycles. The SMILES string of the molecule is CCC1(CC)NC(=O)N(CCCOc2cccc(C)c2)C1=O. The molecule has 0 bridgehead atoms. The van der Waals surface area contributed by atoms with E-state index in [1.807, 2.05) is 45.0 Å². The summed E-state index contributed by atoms with van der Waals surface area (Å²) in [6.45, 7) is 6.72. The molecule has 1 aromatic rings. The van der Waals surface area contributed by atoms with E-state index >= 15 is 0 Å². The monoisotopic (exact) mass is 304 g/mol. The van der Waals surface area contributed by atoms with Crippen molar-refractivity contribution in [1.29, 1.82) is 0 Å². The largest absolute Gasteiger partial charge is 0.494 e. The fraction of sp³-hybridized carbons (Fsp3) is 0.529. The highest BCUT2D eigenvalue weighted by Crippen LogP contribution is 2.25. The second kappa shape index (κ2) is 6.81. The minimum absolute atomic E-state index is 0.113. The number of urea groups is 1. The first-order valence-corrected chi connectivity index (χ1v) is 7.86. The Bertz CT molecular complexity index is 553. The molecule has 0 radical (unpaired) electrons. The molecule has 0 atom stereocenters. The van der Waals surface area contributed by atoms with Gasteiger partial charge in [-0.15, -0.1) is 0 Å². The number of amides is 3. The number of aryl methyl sites for hydroxylation is 1. The van der Waals surface area contributed by atoms with Crippen molar-refractivity contribution in [1.82, 2.24) is 10.2 Å². The molecule has 1 aromatic carbocycles. The molecule has 120 valence electrons. The molecule has 1 N–H and O–H groups in total. The van der Waals surface area contributed by atoms with E-state index in [2.05, 4.69) is 5.32 Å². The van der Waals surface area contributed by atoms with Gasteiger partial charge in [-0.1, -0.05) is 26.0 Å². The van der Waals surface area contributed by atoms with Gasteiger partial charge in [0.15, 0.2) is 0 Å². The summed E-state index contributed by atoms with van der Waals surface area (Å²) >= 11 is 0. The van der Waals surface area contributed by atoms with Crippen LogP contribution in [0.2, 0.25) is 0 Å². The van der Waals surface area contributed by atoms with Crippen LogP contribution in [-0.4, -0.2) is 35.5 Å². The number of hydrogen-bond acceptors (Lipinski definition) is 3. The van der Waals surface area contributed by atoms with E-state index in [-0.39, 0.29) is 11.9 Å². The zero-order valence-corrected chi connectivity index (χ0v) is 13.5. The number of carbonyl (C=O) groups excluding carboxylic acids is 2. The molecule has 3 amide bonds. The lowest BCUT2D eigenvalue weighted by molar-refractivity contribution is -0.131. The van der Waals surface area contributed by atoms with Gasteiger partial charge in [0.1, 0.15) is 11.3 Å². The molecule has 1 aliphatic rings.